The molecule has 5 nitrogen and oxygen atoms in total. The second-order valence-corrected chi connectivity index (χ2v) is 2.78. The summed E-state index contributed by atoms with van der Waals surface area (Å²) < 4.78 is 4.59. The molecule has 0 fully saturated rings. The van der Waals surface area contributed by atoms with E-state index in [2.05, 4.69) is 11.3 Å². The third kappa shape index (κ3) is 18.1. The monoisotopic (exact) mass is 227 g/mol. The molecule has 0 aromatic carbocycles. The smallest absolute Gasteiger partial charge is 0.330 e. The van der Waals surface area contributed by atoms with Gasteiger partial charge in [-0.15, -0.1) is 0 Å². The van der Waals surface area contributed by atoms with E-state index >= 15 is 0 Å². The Morgan fingerprint density at radius 3 is 2.50 bits per heavy atom. The molecule has 1 N–H and O–H groups in total. The molecule has 0 rings (SSSR count). The third-order valence-corrected chi connectivity index (χ3v) is 1.31. The molecule has 0 radical (unpaired) electrons. The van der Waals surface area contributed by atoms with E-state index in [1.54, 1.807) is 0 Å². The van der Waals surface area contributed by atoms with Gasteiger partial charge in [-0.25, -0.2) is 4.79 Å². The number of aliphatic carboxylic acids is 1. The number of ether oxygens (including phenoxy) is 1. The number of rotatable bonds is 6. The van der Waals surface area contributed by atoms with Crippen molar-refractivity contribution >= 4 is 11.9 Å². The van der Waals surface area contributed by atoms with E-state index in [-0.39, 0.29) is 0 Å². The van der Waals surface area contributed by atoms with Gasteiger partial charge in [-0.05, 0) is 12.8 Å². The molecule has 0 aliphatic carbocycles. The van der Waals surface area contributed by atoms with Gasteiger partial charge >= 0.3 is 11.9 Å². The van der Waals surface area contributed by atoms with Crippen LogP contribution < -0.4 is 0 Å². The fraction of sp³-hybridized carbons (Fsp3) is 0.545. The number of carboxylic acid groups (broad SMARTS) is 1. The first-order valence-corrected chi connectivity index (χ1v) is 4.96. The van der Waals surface area contributed by atoms with Crippen molar-refractivity contribution in [1.82, 2.24) is 0 Å². The molecule has 0 amide bonds. The molecule has 0 unspecified atom stereocenters. The Bertz CT molecular complexity index is 255. The minimum absolute atomic E-state index is 0.292. The molecule has 0 aromatic rings. The number of carbonyl (C=O) groups excluding carboxylic acids is 1. The van der Waals surface area contributed by atoms with E-state index in [4.69, 9.17) is 10.4 Å². The van der Waals surface area contributed by atoms with Crippen molar-refractivity contribution < 1.29 is 19.4 Å². The number of nitriles is 1. The Labute approximate surface area is 95.3 Å². The molecule has 16 heavy (non-hydrogen) atoms. The van der Waals surface area contributed by atoms with Crippen LogP contribution >= 0.6 is 0 Å². The summed E-state index contributed by atoms with van der Waals surface area (Å²) in [6.07, 6.45) is 3.14. The van der Waals surface area contributed by atoms with Crippen molar-refractivity contribution in [3.05, 3.63) is 12.7 Å². The third-order valence-electron chi connectivity index (χ3n) is 1.31. The Morgan fingerprint density at radius 1 is 1.56 bits per heavy atom. The molecule has 90 valence electrons. The van der Waals surface area contributed by atoms with Crippen molar-refractivity contribution in [2.24, 2.45) is 0 Å². The van der Waals surface area contributed by atoms with Gasteiger partial charge in [-0.2, -0.15) is 5.26 Å². The van der Waals surface area contributed by atoms with E-state index in [1.165, 1.54) is 0 Å². The van der Waals surface area contributed by atoms with Gasteiger partial charge in [0.15, 0.2) is 0 Å². The van der Waals surface area contributed by atoms with Crippen LogP contribution in [0.5, 0.6) is 0 Å². The fourth-order valence-corrected chi connectivity index (χ4v) is 0.597. The average Bonchev–Trinajstić information content (AvgIpc) is 2.24. The lowest BCUT2D eigenvalue weighted by atomic mass is 10.3. The van der Waals surface area contributed by atoms with Gasteiger partial charge in [0.2, 0.25) is 0 Å². The highest BCUT2D eigenvalue weighted by molar-refractivity contribution is 5.81. The molecule has 0 saturated heterocycles. The molecular formula is C11H17NO4. The van der Waals surface area contributed by atoms with E-state index in [9.17, 15) is 9.59 Å². The fourth-order valence-electron chi connectivity index (χ4n) is 0.597. The van der Waals surface area contributed by atoms with Gasteiger partial charge in [-0.3, -0.25) is 4.79 Å². The van der Waals surface area contributed by atoms with Crippen LogP contribution in [0.3, 0.4) is 0 Å². The van der Waals surface area contributed by atoms with Gasteiger partial charge in [-0.1, -0.05) is 13.5 Å². The summed E-state index contributed by atoms with van der Waals surface area (Å²) >= 11 is 0. The maximum Gasteiger partial charge on any atom is 0.330 e. The van der Waals surface area contributed by atoms with Gasteiger partial charge < -0.3 is 9.84 Å². The topological polar surface area (TPSA) is 87.4 Å². The normalized spacial score (nSPS) is 8.00. The zero-order chi connectivity index (χ0) is 12.8. The van der Waals surface area contributed by atoms with Crippen molar-refractivity contribution in [2.75, 3.05) is 6.61 Å². The van der Waals surface area contributed by atoms with E-state index in [0.717, 1.165) is 12.5 Å². The van der Waals surface area contributed by atoms with Crippen molar-refractivity contribution in [3.63, 3.8) is 0 Å². The lowest BCUT2D eigenvalue weighted by molar-refractivity contribution is -0.138. The summed E-state index contributed by atoms with van der Waals surface area (Å²) in [5, 5.41) is 16.0. The second kappa shape index (κ2) is 13.2. The predicted octanol–water partition coefficient (Wildman–Crippen LogP) is 1.89. The van der Waals surface area contributed by atoms with Crippen LogP contribution in [0.15, 0.2) is 12.7 Å². The average molecular weight is 227 g/mol. The summed E-state index contributed by atoms with van der Waals surface area (Å²) in [7, 11) is 0. The van der Waals surface area contributed by atoms with Gasteiger partial charge in [0.25, 0.3) is 0 Å². The predicted molar refractivity (Wildman–Crippen MR) is 58.5 cm³/mol. The quantitative estimate of drug-likeness (QED) is 0.425. The van der Waals surface area contributed by atoms with E-state index in [0.29, 0.717) is 25.9 Å². The first-order chi connectivity index (χ1) is 7.58. The van der Waals surface area contributed by atoms with Crippen LogP contribution in [0.4, 0.5) is 0 Å². The standard InChI is InChI=1S/C7H9NO2.C4H8O2/c1-2-7(9)10-6-4-3-5-8;1-2-3-4(5)6/h2H,1,3-4,6H2;2-3H2,1H3,(H,5,6). The van der Waals surface area contributed by atoms with Gasteiger partial charge in [0.05, 0.1) is 12.7 Å². The number of carbonyl (C=O) groups is 2. The molecule has 0 atom stereocenters. The van der Waals surface area contributed by atoms with Crippen molar-refractivity contribution in [3.8, 4) is 6.07 Å². The Kier molecular flexibility index (Phi) is 13.7. The van der Waals surface area contributed by atoms with Crippen LogP contribution in [0, 0.1) is 11.3 Å². The molecule has 0 aliphatic rings. The summed E-state index contributed by atoms with van der Waals surface area (Å²) in [6.45, 7) is 5.37. The SMILES string of the molecule is C=CC(=O)OCCCC#N.CCCC(=O)O. The number of esters is 1. The first kappa shape index (κ1) is 16.6. The minimum Gasteiger partial charge on any atom is -0.481 e. The number of nitrogens with zero attached hydrogens (tertiary/aromatic N) is 1. The summed E-state index contributed by atoms with van der Waals surface area (Å²) in [6, 6.07) is 1.94. The highest BCUT2D eigenvalue weighted by Gasteiger charge is 1.92. The number of hydrogen-bond donors (Lipinski definition) is 1. The van der Waals surface area contributed by atoms with Crippen molar-refractivity contribution in [2.45, 2.75) is 32.6 Å². The summed E-state index contributed by atoms with van der Waals surface area (Å²) in [5.41, 5.74) is 0. The zero-order valence-electron chi connectivity index (χ0n) is 9.44. The van der Waals surface area contributed by atoms with E-state index < -0.39 is 11.9 Å². The highest BCUT2D eigenvalue weighted by Crippen LogP contribution is 1.88. The Morgan fingerprint density at radius 2 is 2.19 bits per heavy atom. The van der Waals surface area contributed by atoms with E-state index in [1.807, 2.05) is 13.0 Å². The zero-order valence-corrected chi connectivity index (χ0v) is 9.44. The van der Waals surface area contributed by atoms with Crippen LogP contribution in [-0.2, 0) is 14.3 Å². The number of unbranched alkanes of at least 4 members (excludes halogenated alkanes) is 1. The van der Waals surface area contributed by atoms with Crippen LogP contribution in [0.1, 0.15) is 32.6 Å². The lowest BCUT2D eigenvalue weighted by Gasteiger charge is -1.96. The Hall–Kier alpha value is -1.83. The number of carboxylic acids is 1. The maximum absolute atomic E-state index is 10.4. The largest absolute Gasteiger partial charge is 0.481 e. The van der Waals surface area contributed by atoms with Crippen LogP contribution in [0.2, 0.25) is 0 Å². The highest BCUT2D eigenvalue weighted by atomic mass is 16.5. The molecule has 0 bridgehead atoms. The summed E-state index contributed by atoms with van der Waals surface area (Å²) in [5.74, 6) is -1.14. The molecule has 0 aromatic heterocycles. The first-order valence-electron chi connectivity index (χ1n) is 4.96. The molecule has 0 aliphatic heterocycles. The molecule has 5 heteroatoms. The lowest BCUT2D eigenvalue weighted by Crippen LogP contribution is -2.00. The van der Waals surface area contributed by atoms with Crippen LogP contribution in [0.25, 0.3) is 0 Å². The van der Waals surface area contributed by atoms with Crippen molar-refractivity contribution in [1.29, 1.82) is 5.26 Å². The summed E-state index contributed by atoms with van der Waals surface area (Å²) in [4.78, 5) is 20.0. The second-order valence-electron chi connectivity index (χ2n) is 2.78. The van der Waals surface area contributed by atoms with Gasteiger partial charge in [0.1, 0.15) is 0 Å². The van der Waals surface area contributed by atoms with Gasteiger partial charge in [0, 0.05) is 18.9 Å². The molecule has 0 saturated carbocycles. The molecule has 0 spiro atoms. The molecule has 0 heterocycles. The molecular weight excluding hydrogens is 210 g/mol. The van der Waals surface area contributed by atoms with Crippen LogP contribution in [-0.4, -0.2) is 23.7 Å². The Balaban J connectivity index is 0. The minimum atomic E-state index is -0.711. The maximum atomic E-state index is 10.4. The number of hydrogen-bond acceptors (Lipinski definition) is 4.